The van der Waals surface area contributed by atoms with E-state index in [0.29, 0.717) is 4.47 Å². The van der Waals surface area contributed by atoms with E-state index in [1.165, 1.54) is 6.07 Å². The van der Waals surface area contributed by atoms with Gasteiger partial charge in [0.05, 0.1) is 11.3 Å². The molecule has 0 aliphatic heterocycles. The third-order valence-electron chi connectivity index (χ3n) is 3.56. The van der Waals surface area contributed by atoms with E-state index in [2.05, 4.69) is 20.9 Å². The van der Waals surface area contributed by atoms with Gasteiger partial charge in [0.15, 0.2) is 0 Å². The molecule has 0 heterocycles. The van der Waals surface area contributed by atoms with Crippen LogP contribution in [0.25, 0.3) is 0 Å². The summed E-state index contributed by atoms with van der Waals surface area (Å²) in [6, 6.07) is 11.0. The van der Waals surface area contributed by atoms with E-state index in [0.717, 1.165) is 29.8 Å². The van der Waals surface area contributed by atoms with Crippen molar-refractivity contribution < 1.29 is 13.2 Å². The summed E-state index contributed by atoms with van der Waals surface area (Å²) in [7, 11) is 1.72. The molecule has 0 saturated carbocycles. The molecule has 0 amide bonds. The number of nitrogens with two attached hydrogens (primary N) is 1. The number of guanidine groups is 1. The van der Waals surface area contributed by atoms with Gasteiger partial charge in [0, 0.05) is 17.2 Å². The van der Waals surface area contributed by atoms with E-state index in [1.54, 1.807) is 11.9 Å². The molecule has 2 N–H and O–H groups in total. The largest absolute Gasteiger partial charge is 0.416 e. The van der Waals surface area contributed by atoms with Crippen LogP contribution in [0, 0.1) is 0 Å². The fourth-order valence-electron chi connectivity index (χ4n) is 2.09. The Kier molecular flexibility index (Phi) is 5.54. The molecule has 0 fully saturated rings. The molecule has 2 rings (SSSR count). The summed E-state index contributed by atoms with van der Waals surface area (Å²) >= 11 is 3.21. The predicted molar refractivity (Wildman–Crippen MR) is 94.6 cm³/mol. The number of rotatable bonds is 3. The average molecular weight is 400 g/mol. The Hall–Kier alpha value is -2.02. The van der Waals surface area contributed by atoms with E-state index in [1.807, 2.05) is 31.2 Å². The molecule has 0 aliphatic rings. The van der Waals surface area contributed by atoms with E-state index in [-0.39, 0.29) is 11.6 Å². The Morgan fingerprint density at radius 2 is 1.92 bits per heavy atom. The maximum atomic E-state index is 12.8. The Balaban J connectivity index is 2.36. The van der Waals surface area contributed by atoms with Crippen molar-refractivity contribution in [2.45, 2.75) is 19.5 Å². The second-order valence-corrected chi connectivity index (χ2v) is 6.07. The van der Waals surface area contributed by atoms with Gasteiger partial charge in [-0.1, -0.05) is 19.1 Å². The van der Waals surface area contributed by atoms with Gasteiger partial charge in [-0.15, -0.1) is 0 Å². The maximum absolute atomic E-state index is 12.8. The first-order chi connectivity index (χ1) is 11.2. The van der Waals surface area contributed by atoms with Gasteiger partial charge in [-0.2, -0.15) is 13.2 Å². The summed E-state index contributed by atoms with van der Waals surface area (Å²) in [6.45, 7) is 2.04. The number of alkyl halides is 3. The fourth-order valence-corrected chi connectivity index (χ4v) is 2.43. The highest BCUT2D eigenvalue weighted by Crippen LogP contribution is 2.35. The highest BCUT2D eigenvalue weighted by Gasteiger charge is 2.31. The molecule has 0 aliphatic carbocycles. The first-order valence-electron chi connectivity index (χ1n) is 7.26. The van der Waals surface area contributed by atoms with Crippen molar-refractivity contribution in [3.63, 3.8) is 0 Å². The summed E-state index contributed by atoms with van der Waals surface area (Å²) in [6.07, 6.45) is -3.56. The van der Waals surface area contributed by atoms with Crippen molar-refractivity contribution in [2.24, 2.45) is 10.7 Å². The van der Waals surface area contributed by atoms with Gasteiger partial charge in [-0.05, 0) is 58.2 Å². The zero-order valence-corrected chi connectivity index (χ0v) is 14.8. The van der Waals surface area contributed by atoms with Crippen molar-refractivity contribution in [1.29, 1.82) is 0 Å². The monoisotopic (exact) mass is 399 g/mol. The van der Waals surface area contributed by atoms with Crippen LogP contribution in [0.4, 0.5) is 24.5 Å². The summed E-state index contributed by atoms with van der Waals surface area (Å²) in [5.41, 5.74) is 7.28. The minimum Gasteiger partial charge on any atom is -0.369 e. The molecule has 3 nitrogen and oxygen atoms in total. The maximum Gasteiger partial charge on any atom is 0.416 e. The molecule has 2 aromatic rings. The normalized spacial score (nSPS) is 12.3. The number of nitrogens with zero attached hydrogens (tertiary/aromatic N) is 2. The zero-order valence-electron chi connectivity index (χ0n) is 13.2. The van der Waals surface area contributed by atoms with E-state index < -0.39 is 11.7 Å². The van der Waals surface area contributed by atoms with Gasteiger partial charge in [0.2, 0.25) is 5.96 Å². The zero-order chi connectivity index (χ0) is 17.9. The van der Waals surface area contributed by atoms with Crippen LogP contribution < -0.4 is 10.6 Å². The van der Waals surface area contributed by atoms with Crippen molar-refractivity contribution in [3.05, 3.63) is 58.1 Å². The van der Waals surface area contributed by atoms with Crippen LogP contribution in [-0.4, -0.2) is 13.0 Å². The van der Waals surface area contributed by atoms with E-state index in [4.69, 9.17) is 5.73 Å². The number of benzene rings is 2. The molecule has 2 aromatic carbocycles. The van der Waals surface area contributed by atoms with Gasteiger partial charge in [0.25, 0.3) is 0 Å². The number of halogens is 4. The van der Waals surface area contributed by atoms with Crippen LogP contribution in [0.2, 0.25) is 0 Å². The first kappa shape index (κ1) is 18.3. The molecule has 7 heteroatoms. The fraction of sp³-hybridized carbons (Fsp3) is 0.235. The lowest BCUT2D eigenvalue weighted by Crippen LogP contribution is -2.33. The molecular formula is C17H17BrF3N3. The van der Waals surface area contributed by atoms with Gasteiger partial charge >= 0.3 is 6.18 Å². The van der Waals surface area contributed by atoms with Crippen LogP contribution >= 0.6 is 15.9 Å². The standard InChI is InChI=1S/C17H17BrF3N3/c1-3-11-5-4-6-13(9-11)24(2)16(22)23-15-10-12(17(19,20)21)7-8-14(15)18/h4-10H,3H2,1-2H3,(H2,22,23). The quantitative estimate of drug-likeness (QED) is 0.575. The second kappa shape index (κ2) is 7.25. The van der Waals surface area contributed by atoms with Crippen molar-refractivity contribution in [1.82, 2.24) is 0 Å². The van der Waals surface area contributed by atoms with Crippen LogP contribution in [0.3, 0.4) is 0 Å². The number of anilines is 1. The Labute approximate surface area is 147 Å². The van der Waals surface area contributed by atoms with Crippen molar-refractivity contribution in [2.75, 3.05) is 11.9 Å². The van der Waals surface area contributed by atoms with Crippen molar-refractivity contribution >= 4 is 33.3 Å². The molecule has 0 atom stereocenters. The Morgan fingerprint density at radius 3 is 2.54 bits per heavy atom. The van der Waals surface area contributed by atoms with Crippen LogP contribution in [-0.2, 0) is 12.6 Å². The molecule has 24 heavy (non-hydrogen) atoms. The molecule has 0 saturated heterocycles. The summed E-state index contributed by atoms with van der Waals surface area (Å²) in [4.78, 5) is 5.77. The highest BCUT2D eigenvalue weighted by molar-refractivity contribution is 9.10. The molecule has 0 spiro atoms. The molecule has 128 valence electrons. The van der Waals surface area contributed by atoms with Crippen LogP contribution in [0.15, 0.2) is 51.9 Å². The van der Waals surface area contributed by atoms with Gasteiger partial charge < -0.3 is 10.6 Å². The van der Waals surface area contributed by atoms with Gasteiger partial charge in [-0.25, -0.2) is 4.99 Å². The first-order valence-corrected chi connectivity index (χ1v) is 8.05. The Morgan fingerprint density at radius 1 is 1.21 bits per heavy atom. The number of aliphatic imine (C=N–C) groups is 1. The average Bonchev–Trinajstić information content (AvgIpc) is 2.55. The molecule has 0 bridgehead atoms. The predicted octanol–water partition coefficient (Wildman–Crippen LogP) is 5.11. The SMILES string of the molecule is CCc1cccc(N(C)C(N)=Nc2cc(C(F)(F)F)ccc2Br)c1. The summed E-state index contributed by atoms with van der Waals surface area (Å²) < 4.78 is 39.0. The number of hydrogen-bond acceptors (Lipinski definition) is 1. The lowest BCUT2D eigenvalue weighted by molar-refractivity contribution is -0.137. The molecule has 0 aromatic heterocycles. The van der Waals surface area contributed by atoms with Crippen LogP contribution in [0.5, 0.6) is 0 Å². The number of hydrogen-bond donors (Lipinski definition) is 1. The molecular weight excluding hydrogens is 383 g/mol. The lowest BCUT2D eigenvalue weighted by Gasteiger charge is -2.19. The lowest BCUT2D eigenvalue weighted by atomic mass is 10.1. The minimum atomic E-state index is -4.43. The smallest absolute Gasteiger partial charge is 0.369 e. The van der Waals surface area contributed by atoms with Crippen molar-refractivity contribution in [3.8, 4) is 0 Å². The van der Waals surface area contributed by atoms with Gasteiger partial charge in [-0.3, -0.25) is 0 Å². The topological polar surface area (TPSA) is 41.6 Å². The minimum absolute atomic E-state index is 0.100. The third-order valence-corrected chi connectivity index (χ3v) is 4.23. The molecule has 0 unspecified atom stereocenters. The Bertz CT molecular complexity index is 757. The second-order valence-electron chi connectivity index (χ2n) is 5.22. The highest BCUT2D eigenvalue weighted by atomic mass is 79.9. The summed E-state index contributed by atoms with van der Waals surface area (Å²) in [5.74, 6) is 0.100. The van der Waals surface area contributed by atoms with Gasteiger partial charge in [0.1, 0.15) is 0 Å². The van der Waals surface area contributed by atoms with E-state index >= 15 is 0 Å². The van der Waals surface area contributed by atoms with E-state index in [9.17, 15) is 13.2 Å². The van der Waals surface area contributed by atoms with Crippen LogP contribution in [0.1, 0.15) is 18.1 Å². The third kappa shape index (κ3) is 4.29. The number of aryl methyl sites for hydroxylation is 1. The molecule has 0 radical (unpaired) electrons. The summed E-state index contributed by atoms with van der Waals surface area (Å²) in [5, 5.41) is 0.